The zero-order valence-electron chi connectivity index (χ0n) is 10.2. The van der Waals surface area contributed by atoms with Crippen LogP contribution in [0.3, 0.4) is 0 Å². The molecule has 3 fully saturated rings. The SMILES string of the molecule is NCC1(CN2CCC3(CCOC3)CC2)CC1. The Morgan fingerprint density at radius 2 is 1.81 bits per heavy atom. The maximum atomic E-state index is 5.85. The first-order valence-corrected chi connectivity index (χ1v) is 6.76. The topological polar surface area (TPSA) is 38.5 Å². The van der Waals surface area contributed by atoms with Crippen molar-refractivity contribution in [2.24, 2.45) is 16.6 Å². The number of hydrogen-bond acceptors (Lipinski definition) is 3. The molecule has 0 atom stereocenters. The van der Waals surface area contributed by atoms with E-state index in [9.17, 15) is 0 Å². The Morgan fingerprint density at radius 1 is 1.06 bits per heavy atom. The average Bonchev–Trinajstić information content (AvgIpc) is 2.95. The minimum atomic E-state index is 0.511. The van der Waals surface area contributed by atoms with Gasteiger partial charge in [0.25, 0.3) is 0 Å². The van der Waals surface area contributed by atoms with Gasteiger partial charge in [0, 0.05) is 13.2 Å². The fraction of sp³-hybridized carbons (Fsp3) is 1.00. The van der Waals surface area contributed by atoms with Crippen molar-refractivity contribution in [3.63, 3.8) is 0 Å². The second kappa shape index (κ2) is 3.97. The molecule has 0 bridgehead atoms. The number of nitrogens with two attached hydrogens (primary N) is 1. The van der Waals surface area contributed by atoms with Crippen LogP contribution in [0.25, 0.3) is 0 Å². The van der Waals surface area contributed by atoms with E-state index in [-0.39, 0.29) is 0 Å². The lowest BCUT2D eigenvalue weighted by molar-refractivity contribution is 0.0710. The van der Waals surface area contributed by atoms with Gasteiger partial charge in [0.15, 0.2) is 0 Å². The van der Waals surface area contributed by atoms with Crippen molar-refractivity contribution in [1.29, 1.82) is 0 Å². The molecule has 1 saturated carbocycles. The van der Waals surface area contributed by atoms with Crippen LogP contribution in [-0.2, 0) is 4.74 Å². The maximum Gasteiger partial charge on any atom is 0.0524 e. The van der Waals surface area contributed by atoms with E-state index < -0.39 is 0 Å². The molecule has 0 amide bonds. The number of hydrogen-bond donors (Lipinski definition) is 1. The Morgan fingerprint density at radius 3 is 2.31 bits per heavy atom. The molecule has 0 radical (unpaired) electrons. The normalized spacial score (nSPS) is 32.1. The highest BCUT2D eigenvalue weighted by Crippen LogP contribution is 2.46. The number of rotatable bonds is 3. The van der Waals surface area contributed by atoms with Crippen LogP contribution in [0.5, 0.6) is 0 Å². The summed E-state index contributed by atoms with van der Waals surface area (Å²) in [5.74, 6) is 0. The van der Waals surface area contributed by atoms with Crippen LogP contribution in [0.1, 0.15) is 32.1 Å². The molecule has 2 heterocycles. The second-order valence-electron chi connectivity index (χ2n) is 6.28. The second-order valence-corrected chi connectivity index (χ2v) is 6.28. The first-order chi connectivity index (χ1) is 7.76. The molecule has 16 heavy (non-hydrogen) atoms. The van der Waals surface area contributed by atoms with Gasteiger partial charge in [-0.15, -0.1) is 0 Å². The van der Waals surface area contributed by atoms with Gasteiger partial charge in [-0.2, -0.15) is 0 Å². The van der Waals surface area contributed by atoms with Gasteiger partial charge < -0.3 is 15.4 Å². The quantitative estimate of drug-likeness (QED) is 0.783. The highest BCUT2D eigenvalue weighted by atomic mass is 16.5. The van der Waals surface area contributed by atoms with Gasteiger partial charge in [0.1, 0.15) is 0 Å². The predicted molar refractivity (Wildman–Crippen MR) is 64.3 cm³/mol. The molecule has 0 aromatic carbocycles. The van der Waals surface area contributed by atoms with Crippen LogP contribution in [0, 0.1) is 10.8 Å². The largest absolute Gasteiger partial charge is 0.381 e. The van der Waals surface area contributed by atoms with Crippen LogP contribution in [0.15, 0.2) is 0 Å². The minimum absolute atomic E-state index is 0.511. The van der Waals surface area contributed by atoms with E-state index in [2.05, 4.69) is 4.90 Å². The fourth-order valence-electron chi connectivity index (χ4n) is 3.31. The summed E-state index contributed by atoms with van der Waals surface area (Å²) in [4.78, 5) is 2.64. The van der Waals surface area contributed by atoms with Gasteiger partial charge in [-0.05, 0) is 62.6 Å². The molecule has 1 aliphatic carbocycles. The molecule has 3 heteroatoms. The van der Waals surface area contributed by atoms with Crippen molar-refractivity contribution >= 4 is 0 Å². The number of nitrogens with zero attached hydrogens (tertiary/aromatic N) is 1. The van der Waals surface area contributed by atoms with E-state index in [1.165, 1.54) is 51.7 Å². The Kier molecular flexibility index (Phi) is 2.73. The van der Waals surface area contributed by atoms with Crippen LogP contribution >= 0.6 is 0 Å². The third-order valence-electron chi connectivity index (χ3n) is 5.05. The Labute approximate surface area is 98.3 Å². The van der Waals surface area contributed by atoms with Gasteiger partial charge in [0.2, 0.25) is 0 Å². The number of ether oxygens (including phenoxy) is 1. The number of piperidine rings is 1. The van der Waals surface area contributed by atoms with Gasteiger partial charge >= 0.3 is 0 Å². The van der Waals surface area contributed by atoms with E-state index in [0.717, 1.165) is 19.8 Å². The van der Waals surface area contributed by atoms with Gasteiger partial charge in [-0.3, -0.25) is 0 Å². The zero-order chi connectivity index (χ0) is 11.1. The van der Waals surface area contributed by atoms with Crippen LogP contribution in [0.2, 0.25) is 0 Å². The summed E-state index contributed by atoms with van der Waals surface area (Å²) in [5, 5.41) is 0. The molecular formula is C13H24N2O. The predicted octanol–water partition coefficient (Wildman–Crippen LogP) is 1.23. The van der Waals surface area contributed by atoms with Crippen molar-refractivity contribution in [2.45, 2.75) is 32.1 Å². The monoisotopic (exact) mass is 224 g/mol. The van der Waals surface area contributed by atoms with E-state index in [1.54, 1.807) is 0 Å². The molecule has 0 aromatic heterocycles. The summed E-state index contributed by atoms with van der Waals surface area (Å²) in [6.07, 6.45) is 6.69. The lowest BCUT2D eigenvalue weighted by Crippen LogP contribution is -2.43. The molecule has 3 rings (SSSR count). The number of likely N-dealkylation sites (tertiary alicyclic amines) is 1. The molecular weight excluding hydrogens is 200 g/mol. The van der Waals surface area contributed by atoms with Crippen LogP contribution in [0.4, 0.5) is 0 Å². The van der Waals surface area contributed by atoms with E-state index in [0.29, 0.717) is 10.8 Å². The molecule has 0 unspecified atom stereocenters. The summed E-state index contributed by atoms with van der Waals surface area (Å²) in [5.41, 5.74) is 6.92. The van der Waals surface area contributed by atoms with Crippen molar-refractivity contribution in [3.05, 3.63) is 0 Å². The van der Waals surface area contributed by atoms with E-state index in [1.807, 2.05) is 0 Å². The molecule has 2 saturated heterocycles. The Bertz CT molecular complexity index is 247. The molecule has 1 spiro atoms. The first-order valence-electron chi connectivity index (χ1n) is 6.76. The van der Waals surface area contributed by atoms with Crippen molar-refractivity contribution in [3.8, 4) is 0 Å². The molecule has 3 aliphatic rings. The smallest absolute Gasteiger partial charge is 0.0524 e. The highest BCUT2D eigenvalue weighted by Gasteiger charge is 2.44. The zero-order valence-corrected chi connectivity index (χ0v) is 10.2. The standard InChI is InChI=1S/C13H24N2O/c14-9-13(1-2-13)10-15-6-3-12(4-7-15)5-8-16-11-12/h1-11,14H2. The summed E-state index contributed by atoms with van der Waals surface area (Å²) < 4.78 is 5.57. The molecule has 2 N–H and O–H groups in total. The summed E-state index contributed by atoms with van der Waals surface area (Å²) in [7, 11) is 0. The highest BCUT2D eigenvalue weighted by molar-refractivity contribution is 4.98. The van der Waals surface area contributed by atoms with Crippen molar-refractivity contribution in [2.75, 3.05) is 39.4 Å². The lowest BCUT2D eigenvalue weighted by atomic mass is 9.78. The molecule has 2 aliphatic heterocycles. The van der Waals surface area contributed by atoms with Gasteiger partial charge in [0.05, 0.1) is 6.61 Å². The fourth-order valence-corrected chi connectivity index (χ4v) is 3.31. The third kappa shape index (κ3) is 2.01. The summed E-state index contributed by atoms with van der Waals surface area (Å²) in [6.45, 7) is 6.68. The average molecular weight is 224 g/mol. The van der Waals surface area contributed by atoms with Crippen LogP contribution < -0.4 is 5.73 Å². The molecule has 3 nitrogen and oxygen atoms in total. The maximum absolute atomic E-state index is 5.85. The minimum Gasteiger partial charge on any atom is -0.381 e. The lowest BCUT2D eigenvalue weighted by Gasteiger charge is -2.39. The van der Waals surface area contributed by atoms with Crippen molar-refractivity contribution < 1.29 is 4.74 Å². The third-order valence-corrected chi connectivity index (χ3v) is 5.05. The van der Waals surface area contributed by atoms with Gasteiger partial charge in [-0.25, -0.2) is 0 Å². The summed E-state index contributed by atoms with van der Waals surface area (Å²) >= 11 is 0. The van der Waals surface area contributed by atoms with Crippen LogP contribution in [-0.4, -0.2) is 44.3 Å². The Hall–Kier alpha value is -0.120. The first kappa shape index (κ1) is 11.0. The van der Waals surface area contributed by atoms with Crippen molar-refractivity contribution in [1.82, 2.24) is 4.90 Å². The molecule has 92 valence electrons. The van der Waals surface area contributed by atoms with Gasteiger partial charge in [-0.1, -0.05) is 0 Å². The Balaban J connectivity index is 1.51. The summed E-state index contributed by atoms with van der Waals surface area (Å²) in [6, 6.07) is 0. The van der Waals surface area contributed by atoms with E-state index in [4.69, 9.17) is 10.5 Å². The van der Waals surface area contributed by atoms with E-state index >= 15 is 0 Å². The molecule has 0 aromatic rings.